The zero-order valence-corrected chi connectivity index (χ0v) is 22.7. The number of unbranched alkanes of at least 4 members (excludes halogenated alkanes) is 2. The van der Waals surface area contributed by atoms with E-state index >= 15 is 0 Å². The average molecular weight is 499 g/mol. The van der Waals surface area contributed by atoms with E-state index in [0.717, 1.165) is 44.6 Å². The molecule has 0 bridgehead atoms. The molecule has 8 heteroatoms. The van der Waals surface area contributed by atoms with Crippen molar-refractivity contribution in [3.8, 4) is 0 Å². The Hall–Kier alpha value is -2.64. The molecular formula is C28H46N6O2. The van der Waals surface area contributed by atoms with Gasteiger partial charge >= 0.3 is 0 Å². The Morgan fingerprint density at radius 2 is 1.67 bits per heavy atom. The Kier molecular flexibility index (Phi) is 11.0. The lowest BCUT2D eigenvalue weighted by molar-refractivity contribution is -0.144. The minimum atomic E-state index is -0.403. The molecule has 0 spiro atoms. The Morgan fingerprint density at radius 1 is 1.00 bits per heavy atom. The molecule has 0 atom stereocenters. The number of pyridine rings is 1. The van der Waals surface area contributed by atoms with Crippen molar-refractivity contribution < 1.29 is 9.59 Å². The summed E-state index contributed by atoms with van der Waals surface area (Å²) in [6.45, 7) is 7.50. The van der Waals surface area contributed by atoms with E-state index < -0.39 is 5.91 Å². The molecule has 3 aliphatic rings. The van der Waals surface area contributed by atoms with Gasteiger partial charge in [-0.05, 0) is 37.8 Å². The van der Waals surface area contributed by atoms with Crippen molar-refractivity contribution in [2.75, 3.05) is 50.0 Å². The lowest BCUT2D eigenvalue weighted by atomic mass is 10.1. The van der Waals surface area contributed by atoms with Gasteiger partial charge in [-0.15, -0.1) is 0 Å². The molecule has 4 rings (SSSR count). The van der Waals surface area contributed by atoms with Gasteiger partial charge < -0.3 is 20.0 Å². The van der Waals surface area contributed by atoms with Crippen LogP contribution in [0, 0.1) is 5.41 Å². The number of rotatable bonds is 7. The van der Waals surface area contributed by atoms with Crippen molar-refractivity contribution in [2.45, 2.75) is 90.5 Å². The topological polar surface area (TPSA) is 92.6 Å². The van der Waals surface area contributed by atoms with Crippen LogP contribution in [0.4, 0.5) is 11.6 Å². The Bertz CT molecular complexity index is 873. The summed E-state index contributed by atoms with van der Waals surface area (Å²) in [6.07, 6.45) is 13.4. The quantitative estimate of drug-likeness (QED) is 0.533. The Morgan fingerprint density at radius 3 is 2.22 bits per heavy atom. The van der Waals surface area contributed by atoms with Crippen LogP contribution in [-0.2, 0) is 9.59 Å². The second-order valence-corrected chi connectivity index (χ2v) is 10.2. The van der Waals surface area contributed by atoms with E-state index in [-0.39, 0.29) is 18.2 Å². The fourth-order valence-electron chi connectivity index (χ4n) is 5.41. The number of carbonyl (C=O) groups excluding carboxylic acids is 2. The number of hydrogen-bond donors (Lipinski definition) is 2. The van der Waals surface area contributed by atoms with Gasteiger partial charge in [0.15, 0.2) is 0 Å². The normalized spacial score (nSPS) is 19.0. The molecular weight excluding hydrogens is 452 g/mol. The Labute approximate surface area is 217 Å². The van der Waals surface area contributed by atoms with Gasteiger partial charge in [0, 0.05) is 44.8 Å². The Balaban J connectivity index is 0.000000658. The number of hydrogen-bond acceptors (Lipinski definition) is 6. The van der Waals surface area contributed by atoms with E-state index in [2.05, 4.69) is 24.1 Å². The van der Waals surface area contributed by atoms with Crippen LogP contribution in [0.25, 0.3) is 0 Å². The van der Waals surface area contributed by atoms with E-state index in [1.54, 1.807) is 7.05 Å². The van der Waals surface area contributed by atoms with Gasteiger partial charge in [-0.3, -0.25) is 15.0 Å². The maximum atomic E-state index is 13.0. The number of nitrogens with one attached hydrogen (secondary N) is 2. The van der Waals surface area contributed by atoms with Crippen LogP contribution in [0.2, 0.25) is 0 Å². The standard InChI is InChI=1S/C23H34N6O2.C5H12/c1-25-22-18(10-11-19(26-22)27-12-6-2-3-7-13-27)21(24)23(31)28-14-15-29(20(30)16-28)17-8-4-5-9-17;1-3-5-4-2/h10-11,17,24H,2-9,12-16H2,1H3,(H,25,26);3-5H2,1-2H3. The molecule has 2 aliphatic heterocycles. The number of aromatic nitrogens is 1. The number of piperazine rings is 1. The number of nitrogens with zero attached hydrogens (tertiary/aromatic N) is 4. The highest BCUT2D eigenvalue weighted by molar-refractivity contribution is 6.45. The van der Waals surface area contributed by atoms with Crippen molar-refractivity contribution >= 4 is 29.2 Å². The average Bonchev–Trinajstić information content (AvgIpc) is 3.29. The first-order chi connectivity index (χ1) is 17.5. The highest BCUT2D eigenvalue weighted by Crippen LogP contribution is 2.26. The van der Waals surface area contributed by atoms with Crippen LogP contribution in [0.15, 0.2) is 12.1 Å². The van der Waals surface area contributed by atoms with Crippen LogP contribution < -0.4 is 10.2 Å². The minimum Gasteiger partial charge on any atom is -0.373 e. The molecule has 200 valence electrons. The highest BCUT2D eigenvalue weighted by atomic mass is 16.2. The van der Waals surface area contributed by atoms with E-state index in [9.17, 15) is 9.59 Å². The minimum absolute atomic E-state index is 0.00257. The van der Waals surface area contributed by atoms with Crippen molar-refractivity contribution in [3.63, 3.8) is 0 Å². The molecule has 2 amide bonds. The summed E-state index contributed by atoms with van der Waals surface area (Å²) in [5, 5.41) is 11.6. The largest absolute Gasteiger partial charge is 0.373 e. The fourth-order valence-corrected chi connectivity index (χ4v) is 5.41. The molecule has 2 N–H and O–H groups in total. The van der Waals surface area contributed by atoms with Gasteiger partial charge in [0.05, 0.1) is 0 Å². The SMILES string of the molecule is CCCCC.CNc1nc(N2CCCCCC2)ccc1C(=N)C(=O)N1CCN(C2CCCC2)C(=O)C1. The molecule has 0 radical (unpaired) electrons. The zero-order valence-electron chi connectivity index (χ0n) is 22.7. The molecule has 1 aromatic heterocycles. The summed E-state index contributed by atoms with van der Waals surface area (Å²) >= 11 is 0. The third kappa shape index (κ3) is 7.20. The van der Waals surface area contributed by atoms with Gasteiger partial charge in [-0.25, -0.2) is 4.98 Å². The summed E-state index contributed by atoms with van der Waals surface area (Å²) < 4.78 is 0. The van der Waals surface area contributed by atoms with Crippen molar-refractivity contribution in [1.29, 1.82) is 5.41 Å². The molecule has 8 nitrogen and oxygen atoms in total. The number of anilines is 2. The predicted molar refractivity (Wildman–Crippen MR) is 147 cm³/mol. The predicted octanol–water partition coefficient (Wildman–Crippen LogP) is 4.68. The van der Waals surface area contributed by atoms with Crippen LogP contribution in [0.1, 0.15) is 90.0 Å². The molecule has 1 aliphatic carbocycles. The van der Waals surface area contributed by atoms with Gasteiger partial charge in [0.1, 0.15) is 23.9 Å². The van der Waals surface area contributed by atoms with Gasteiger partial charge in [-0.1, -0.05) is 58.8 Å². The van der Waals surface area contributed by atoms with E-state index in [0.29, 0.717) is 30.5 Å². The monoisotopic (exact) mass is 498 g/mol. The molecule has 3 fully saturated rings. The highest BCUT2D eigenvalue weighted by Gasteiger charge is 2.34. The second-order valence-electron chi connectivity index (χ2n) is 10.2. The maximum absolute atomic E-state index is 13.0. The summed E-state index contributed by atoms with van der Waals surface area (Å²) in [5.74, 6) is 1.02. The molecule has 2 saturated heterocycles. The molecule has 0 unspecified atom stereocenters. The van der Waals surface area contributed by atoms with Gasteiger partial charge in [-0.2, -0.15) is 0 Å². The van der Waals surface area contributed by atoms with Gasteiger partial charge in [0.25, 0.3) is 5.91 Å². The fraction of sp³-hybridized carbons (Fsp3) is 0.714. The number of amides is 2. The molecule has 1 aromatic rings. The van der Waals surface area contributed by atoms with Crippen LogP contribution in [0.3, 0.4) is 0 Å². The number of carbonyl (C=O) groups is 2. The lowest BCUT2D eigenvalue weighted by Gasteiger charge is -2.37. The van der Waals surface area contributed by atoms with Crippen molar-refractivity contribution in [3.05, 3.63) is 17.7 Å². The summed E-state index contributed by atoms with van der Waals surface area (Å²) in [5.41, 5.74) is 0.373. The smallest absolute Gasteiger partial charge is 0.273 e. The third-order valence-corrected chi connectivity index (χ3v) is 7.55. The lowest BCUT2D eigenvalue weighted by Crippen LogP contribution is -2.56. The first kappa shape index (κ1) is 27.9. The zero-order chi connectivity index (χ0) is 25.9. The van der Waals surface area contributed by atoms with Crippen LogP contribution in [0.5, 0.6) is 0 Å². The molecule has 1 saturated carbocycles. The van der Waals surface area contributed by atoms with E-state index in [4.69, 9.17) is 10.4 Å². The van der Waals surface area contributed by atoms with Crippen molar-refractivity contribution in [2.24, 2.45) is 0 Å². The molecule has 0 aromatic carbocycles. The summed E-state index contributed by atoms with van der Waals surface area (Å²) in [6, 6.07) is 4.05. The van der Waals surface area contributed by atoms with E-state index in [1.807, 2.05) is 17.0 Å². The molecule has 3 heterocycles. The third-order valence-electron chi connectivity index (χ3n) is 7.55. The van der Waals surface area contributed by atoms with Crippen LogP contribution >= 0.6 is 0 Å². The van der Waals surface area contributed by atoms with Crippen molar-refractivity contribution in [1.82, 2.24) is 14.8 Å². The van der Waals surface area contributed by atoms with Crippen LogP contribution in [-0.4, -0.2) is 78.1 Å². The first-order valence-electron chi connectivity index (χ1n) is 14.1. The first-order valence-corrected chi connectivity index (χ1v) is 14.1. The summed E-state index contributed by atoms with van der Waals surface area (Å²) in [4.78, 5) is 36.1. The summed E-state index contributed by atoms with van der Waals surface area (Å²) in [7, 11) is 1.76. The molecule has 36 heavy (non-hydrogen) atoms. The van der Waals surface area contributed by atoms with E-state index in [1.165, 1.54) is 49.8 Å². The second kappa shape index (κ2) is 14.2. The maximum Gasteiger partial charge on any atom is 0.273 e. The van der Waals surface area contributed by atoms with Gasteiger partial charge in [0.2, 0.25) is 5.91 Å².